The molecular formula is C12H14BrFO2. The first-order chi connectivity index (χ1) is 7.66. The van der Waals surface area contributed by atoms with Gasteiger partial charge in [-0.2, -0.15) is 0 Å². The first-order valence-electron chi connectivity index (χ1n) is 5.46. The predicted molar refractivity (Wildman–Crippen MR) is 63.0 cm³/mol. The van der Waals surface area contributed by atoms with E-state index in [0.29, 0.717) is 4.47 Å². The van der Waals surface area contributed by atoms with Crippen LogP contribution in [0.1, 0.15) is 25.7 Å². The van der Waals surface area contributed by atoms with Crippen LogP contribution < -0.4 is 4.74 Å². The Morgan fingerprint density at radius 1 is 1.31 bits per heavy atom. The lowest BCUT2D eigenvalue weighted by Gasteiger charge is -2.28. The minimum absolute atomic E-state index is 0.217. The molecule has 0 aliphatic heterocycles. The van der Waals surface area contributed by atoms with Crippen molar-refractivity contribution in [2.75, 3.05) is 0 Å². The van der Waals surface area contributed by atoms with Crippen LogP contribution in [-0.4, -0.2) is 17.3 Å². The standard InChI is InChI=1S/C12H14BrFO2/c13-8-5-6-11(9(14)7-8)16-12-4-2-1-3-10(12)15/h5-7,10,12,15H,1-4H2. The topological polar surface area (TPSA) is 29.5 Å². The number of halogens is 2. The number of benzene rings is 1. The van der Waals surface area contributed by atoms with Crippen LogP contribution in [0.15, 0.2) is 22.7 Å². The highest BCUT2D eigenvalue weighted by Gasteiger charge is 2.25. The van der Waals surface area contributed by atoms with E-state index >= 15 is 0 Å². The molecule has 2 nitrogen and oxygen atoms in total. The van der Waals surface area contributed by atoms with Crippen molar-refractivity contribution in [1.29, 1.82) is 0 Å². The van der Waals surface area contributed by atoms with E-state index in [0.717, 1.165) is 25.7 Å². The average Bonchev–Trinajstić information content (AvgIpc) is 2.25. The molecule has 0 heterocycles. The van der Waals surface area contributed by atoms with Crippen molar-refractivity contribution in [2.24, 2.45) is 0 Å². The van der Waals surface area contributed by atoms with Crippen LogP contribution in [0.5, 0.6) is 5.75 Å². The van der Waals surface area contributed by atoms with E-state index in [-0.39, 0.29) is 11.9 Å². The maximum Gasteiger partial charge on any atom is 0.166 e. The minimum atomic E-state index is -0.475. The third kappa shape index (κ3) is 2.74. The molecule has 16 heavy (non-hydrogen) atoms. The summed E-state index contributed by atoms with van der Waals surface area (Å²) < 4.78 is 19.7. The molecule has 1 aromatic carbocycles. The molecule has 1 fully saturated rings. The molecule has 88 valence electrons. The Kier molecular flexibility index (Phi) is 3.82. The number of hydrogen-bond acceptors (Lipinski definition) is 2. The molecule has 1 saturated carbocycles. The first kappa shape index (κ1) is 11.9. The molecule has 2 rings (SSSR count). The van der Waals surface area contributed by atoms with Gasteiger partial charge in [-0.15, -0.1) is 0 Å². The van der Waals surface area contributed by atoms with E-state index in [9.17, 15) is 9.50 Å². The van der Waals surface area contributed by atoms with Crippen LogP contribution in [0.3, 0.4) is 0 Å². The van der Waals surface area contributed by atoms with E-state index in [1.54, 1.807) is 12.1 Å². The number of hydrogen-bond donors (Lipinski definition) is 1. The number of aliphatic hydroxyl groups excluding tert-OH is 1. The molecule has 2 atom stereocenters. The van der Waals surface area contributed by atoms with Crippen LogP contribution in [0.4, 0.5) is 4.39 Å². The Hall–Kier alpha value is -0.610. The smallest absolute Gasteiger partial charge is 0.166 e. The number of aliphatic hydroxyl groups is 1. The lowest BCUT2D eigenvalue weighted by Crippen LogP contribution is -2.34. The van der Waals surface area contributed by atoms with Gasteiger partial charge in [0.05, 0.1) is 6.10 Å². The van der Waals surface area contributed by atoms with Crippen LogP contribution in [0.2, 0.25) is 0 Å². The monoisotopic (exact) mass is 288 g/mol. The molecule has 1 N–H and O–H groups in total. The number of ether oxygens (including phenoxy) is 1. The van der Waals surface area contributed by atoms with Crippen molar-refractivity contribution in [1.82, 2.24) is 0 Å². The Bertz CT molecular complexity index is 370. The third-order valence-corrected chi connectivity index (χ3v) is 3.33. The lowest BCUT2D eigenvalue weighted by molar-refractivity contribution is 0.00498. The summed E-state index contributed by atoms with van der Waals surface area (Å²) in [6.45, 7) is 0. The van der Waals surface area contributed by atoms with Crippen LogP contribution >= 0.6 is 15.9 Å². The Balaban J connectivity index is 2.07. The molecule has 1 aliphatic rings. The minimum Gasteiger partial charge on any atom is -0.485 e. The fourth-order valence-corrected chi connectivity index (χ4v) is 2.28. The van der Waals surface area contributed by atoms with Gasteiger partial charge in [0.2, 0.25) is 0 Å². The molecule has 4 heteroatoms. The summed E-state index contributed by atoms with van der Waals surface area (Å²) >= 11 is 3.19. The maximum absolute atomic E-state index is 13.5. The van der Waals surface area contributed by atoms with Gasteiger partial charge in [0.15, 0.2) is 11.6 Å². The zero-order valence-corrected chi connectivity index (χ0v) is 10.4. The number of rotatable bonds is 2. The van der Waals surface area contributed by atoms with Crippen molar-refractivity contribution >= 4 is 15.9 Å². The first-order valence-corrected chi connectivity index (χ1v) is 6.26. The second-order valence-corrected chi connectivity index (χ2v) is 5.00. The zero-order valence-electron chi connectivity index (χ0n) is 8.83. The van der Waals surface area contributed by atoms with E-state index in [1.165, 1.54) is 6.07 Å². The van der Waals surface area contributed by atoms with Gasteiger partial charge in [-0.25, -0.2) is 4.39 Å². The van der Waals surface area contributed by atoms with Crippen molar-refractivity contribution in [3.8, 4) is 5.75 Å². The average molecular weight is 289 g/mol. The quantitative estimate of drug-likeness (QED) is 0.905. The van der Waals surface area contributed by atoms with Crippen molar-refractivity contribution in [3.63, 3.8) is 0 Å². The van der Waals surface area contributed by atoms with Gasteiger partial charge < -0.3 is 9.84 Å². The summed E-state index contributed by atoms with van der Waals surface area (Å²) in [5, 5.41) is 9.72. The highest BCUT2D eigenvalue weighted by molar-refractivity contribution is 9.10. The van der Waals surface area contributed by atoms with Crippen LogP contribution in [-0.2, 0) is 0 Å². The van der Waals surface area contributed by atoms with Gasteiger partial charge >= 0.3 is 0 Å². The molecule has 0 aromatic heterocycles. The highest BCUT2D eigenvalue weighted by atomic mass is 79.9. The molecule has 0 spiro atoms. The zero-order chi connectivity index (χ0) is 11.5. The molecule has 0 amide bonds. The normalized spacial score (nSPS) is 25.4. The summed E-state index contributed by atoms with van der Waals surface area (Å²) in [5.74, 6) is -0.179. The van der Waals surface area contributed by atoms with Gasteiger partial charge in [-0.05, 0) is 37.5 Å². The van der Waals surface area contributed by atoms with Gasteiger partial charge in [0.25, 0.3) is 0 Å². The summed E-state index contributed by atoms with van der Waals surface area (Å²) in [4.78, 5) is 0. The maximum atomic E-state index is 13.5. The van der Waals surface area contributed by atoms with E-state index < -0.39 is 11.9 Å². The highest BCUT2D eigenvalue weighted by Crippen LogP contribution is 2.27. The van der Waals surface area contributed by atoms with E-state index in [2.05, 4.69) is 15.9 Å². The molecule has 0 saturated heterocycles. The molecular weight excluding hydrogens is 275 g/mol. The van der Waals surface area contributed by atoms with Gasteiger partial charge in [0.1, 0.15) is 6.10 Å². The summed E-state index contributed by atoms with van der Waals surface area (Å²) in [6.07, 6.45) is 2.82. The summed E-state index contributed by atoms with van der Waals surface area (Å²) in [5.41, 5.74) is 0. The Labute approximate surface area is 103 Å². The SMILES string of the molecule is OC1CCCCC1Oc1ccc(Br)cc1F. The molecule has 0 bridgehead atoms. The van der Waals surface area contributed by atoms with Crippen LogP contribution in [0, 0.1) is 5.82 Å². The molecule has 1 aromatic rings. The molecule has 2 unspecified atom stereocenters. The molecule has 0 radical (unpaired) electrons. The van der Waals surface area contributed by atoms with Gasteiger partial charge in [-0.1, -0.05) is 22.4 Å². The summed E-state index contributed by atoms with van der Waals surface area (Å²) in [7, 11) is 0. The van der Waals surface area contributed by atoms with Crippen molar-refractivity contribution in [2.45, 2.75) is 37.9 Å². The van der Waals surface area contributed by atoms with Crippen molar-refractivity contribution in [3.05, 3.63) is 28.5 Å². The fraction of sp³-hybridized carbons (Fsp3) is 0.500. The Morgan fingerprint density at radius 2 is 2.06 bits per heavy atom. The predicted octanol–water partition coefficient (Wildman–Crippen LogP) is 3.27. The van der Waals surface area contributed by atoms with Crippen LogP contribution in [0.25, 0.3) is 0 Å². The third-order valence-electron chi connectivity index (χ3n) is 2.84. The van der Waals surface area contributed by atoms with E-state index in [4.69, 9.17) is 4.74 Å². The molecule has 1 aliphatic carbocycles. The van der Waals surface area contributed by atoms with Gasteiger partial charge in [0, 0.05) is 4.47 Å². The van der Waals surface area contributed by atoms with E-state index in [1.807, 2.05) is 0 Å². The van der Waals surface area contributed by atoms with Crippen molar-refractivity contribution < 1.29 is 14.2 Å². The largest absolute Gasteiger partial charge is 0.485 e. The Morgan fingerprint density at radius 3 is 2.75 bits per heavy atom. The second-order valence-electron chi connectivity index (χ2n) is 4.08. The second kappa shape index (κ2) is 5.15. The van der Waals surface area contributed by atoms with Gasteiger partial charge in [-0.3, -0.25) is 0 Å². The fourth-order valence-electron chi connectivity index (χ4n) is 1.95. The lowest BCUT2D eigenvalue weighted by atomic mass is 9.95. The summed E-state index contributed by atoms with van der Waals surface area (Å²) in [6, 6.07) is 4.68.